The van der Waals surface area contributed by atoms with Crippen LogP contribution in [0.1, 0.15) is 11.2 Å². The van der Waals surface area contributed by atoms with Crippen molar-refractivity contribution in [3.63, 3.8) is 0 Å². The maximum Gasteiger partial charge on any atom is 0.0260 e. The van der Waals surface area contributed by atoms with Crippen LogP contribution in [-0.4, -0.2) is 6.16 Å². The molecule has 5 heteroatoms. The van der Waals surface area contributed by atoms with Gasteiger partial charge in [0.2, 0.25) is 0 Å². The minimum Gasteiger partial charge on any atom is -0.0876 e. The van der Waals surface area contributed by atoms with Gasteiger partial charge in [-0.3, -0.25) is 0 Å². The zero-order chi connectivity index (χ0) is 25.7. The summed E-state index contributed by atoms with van der Waals surface area (Å²) in [6, 6.07) is 47.0. The number of hydrogen-bond acceptors (Lipinski definition) is 2. The number of rotatable bonds is 8. The van der Waals surface area contributed by atoms with Crippen molar-refractivity contribution in [3.05, 3.63) is 156 Å². The second-order valence-electron chi connectivity index (χ2n) is 8.99. The fourth-order valence-electron chi connectivity index (χ4n) is 4.89. The molecule has 0 N–H and O–H groups in total. The molecule has 5 aromatic carbocycles. The van der Waals surface area contributed by atoms with E-state index in [2.05, 4.69) is 162 Å². The molecule has 0 aliphatic carbocycles. The molecule has 0 aliphatic heterocycles. The maximum absolute atomic E-state index is 6.92. The minimum absolute atomic E-state index is 0.0658. The zero-order valence-corrected chi connectivity index (χ0v) is 25.2. The molecule has 37 heavy (non-hydrogen) atoms. The van der Waals surface area contributed by atoms with Crippen LogP contribution in [0, 0.1) is 0 Å². The Morgan fingerprint density at radius 2 is 0.919 bits per heavy atom. The Balaban J connectivity index is 1.79. The van der Waals surface area contributed by atoms with Crippen LogP contribution in [0.3, 0.4) is 0 Å². The Morgan fingerprint density at radius 3 is 1.32 bits per heavy atom. The lowest BCUT2D eigenvalue weighted by Crippen LogP contribution is -2.27. The zero-order valence-electron chi connectivity index (χ0n) is 20.2. The summed E-state index contributed by atoms with van der Waals surface area (Å²) in [5.41, 5.74) is 1.31. The Bertz CT molecular complexity index is 1470. The van der Waals surface area contributed by atoms with Crippen LogP contribution in [0.2, 0.25) is 0 Å². The van der Waals surface area contributed by atoms with Crippen LogP contribution in [0.15, 0.2) is 150 Å². The van der Waals surface area contributed by atoms with E-state index in [-0.39, 0.29) is 5.66 Å². The summed E-state index contributed by atoms with van der Waals surface area (Å²) in [5, 5.41) is 4.92. The van der Waals surface area contributed by atoms with Gasteiger partial charge in [-0.25, -0.2) is 0 Å². The van der Waals surface area contributed by atoms with Crippen molar-refractivity contribution in [1.29, 1.82) is 0 Å². The maximum atomic E-state index is 6.92. The first-order valence-electron chi connectivity index (χ1n) is 12.2. The predicted molar refractivity (Wildman–Crippen MR) is 175 cm³/mol. The molecule has 0 spiro atoms. The first-order chi connectivity index (χ1) is 18.0. The lowest BCUT2D eigenvalue weighted by Gasteiger charge is -2.37. The molecule has 0 aliphatic rings. The van der Waals surface area contributed by atoms with E-state index in [1.807, 2.05) is 0 Å². The van der Waals surface area contributed by atoms with Gasteiger partial charge < -0.3 is 0 Å². The minimum atomic E-state index is -2.34. The van der Waals surface area contributed by atoms with Crippen LogP contribution in [-0.2, 0) is 23.6 Å². The number of hydrogen-bond donors (Lipinski definition) is 0. The second-order valence-corrected chi connectivity index (χ2v) is 19.4. The number of halogens is 1. The summed E-state index contributed by atoms with van der Waals surface area (Å²) in [4.78, 5) is 0. The van der Waals surface area contributed by atoms with Crippen molar-refractivity contribution in [3.8, 4) is 0 Å². The summed E-state index contributed by atoms with van der Waals surface area (Å²) in [6.07, 6.45) is 0.813. The van der Waals surface area contributed by atoms with Gasteiger partial charge in [0, 0.05) is 22.2 Å². The van der Waals surface area contributed by atoms with E-state index in [1.165, 1.54) is 26.8 Å². The molecule has 0 saturated carbocycles. The molecule has 0 bridgehead atoms. The molecule has 5 rings (SSSR count). The van der Waals surface area contributed by atoms with E-state index >= 15 is 0 Å². The van der Waals surface area contributed by atoms with Crippen molar-refractivity contribution >= 4 is 72.8 Å². The summed E-state index contributed by atoms with van der Waals surface area (Å²) < 4.78 is 1.06. The fourth-order valence-corrected chi connectivity index (χ4v) is 15.7. The second kappa shape index (κ2) is 11.7. The third-order valence-electron chi connectivity index (χ3n) is 6.73. The van der Waals surface area contributed by atoms with Gasteiger partial charge in [0.05, 0.1) is 0 Å². The van der Waals surface area contributed by atoms with E-state index in [1.54, 1.807) is 0 Å². The van der Waals surface area contributed by atoms with Crippen molar-refractivity contribution in [2.75, 3.05) is 6.16 Å². The van der Waals surface area contributed by atoms with Gasteiger partial charge in [-0.2, -0.15) is 0 Å². The first kappa shape index (κ1) is 26.5. The Hall–Kier alpha value is -2.12. The molecule has 0 nitrogen and oxygen atoms in total. The standard InChI is InChI=1S/C32H27BrP2S2/c33-27-15-13-14-26(24-27)32(35(37,30-20-9-3-10-21-30)31-22-11-4-12-23-31)25-34(36,28-16-5-1-6-17-28)29-18-7-2-8-19-29/h1-24,32H,25H2. The molecular weight excluding hydrogens is 590 g/mol. The van der Waals surface area contributed by atoms with Gasteiger partial charge in [0.25, 0.3) is 0 Å². The molecular formula is C32H27BrP2S2. The third kappa shape index (κ3) is 5.53. The SMILES string of the molecule is S=P(CC(c1cccc(Br)c1)P(=S)(c1ccccc1)c1ccccc1)(c1ccccc1)c1ccccc1. The van der Waals surface area contributed by atoms with Crippen LogP contribution in [0.4, 0.5) is 0 Å². The summed E-state index contributed by atoms with van der Waals surface area (Å²) in [6.45, 7) is 0. The van der Waals surface area contributed by atoms with E-state index in [0.717, 1.165) is 10.6 Å². The summed E-state index contributed by atoms with van der Waals surface area (Å²) >= 11 is 17.4. The van der Waals surface area contributed by atoms with E-state index < -0.39 is 12.1 Å². The Morgan fingerprint density at radius 1 is 0.514 bits per heavy atom. The normalized spacial score (nSPS) is 12.7. The quantitative estimate of drug-likeness (QED) is 0.163. The van der Waals surface area contributed by atoms with Crippen LogP contribution in [0.25, 0.3) is 0 Å². The van der Waals surface area contributed by atoms with Gasteiger partial charge in [-0.15, -0.1) is 0 Å². The molecule has 1 atom stereocenters. The molecule has 0 aromatic heterocycles. The van der Waals surface area contributed by atoms with Crippen LogP contribution in [0.5, 0.6) is 0 Å². The fraction of sp³-hybridized carbons (Fsp3) is 0.0625. The molecule has 0 saturated heterocycles. The van der Waals surface area contributed by atoms with Crippen molar-refractivity contribution in [1.82, 2.24) is 0 Å². The molecule has 5 aromatic rings. The highest BCUT2D eigenvalue weighted by atomic mass is 79.9. The topological polar surface area (TPSA) is 0 Å². The third-order valence-corrected chi connectivity index (χ3v) is 17.9. The molecule has 0 heterocycles. The van der Waals surface area contributed by atoms with E-state index in [0.29, 0.717) is 0 Å². The van der Waals surface area contributed by atoms with E-state index in [4.69, 9.17) is 23.6 Å². The molecule has 184 valence electrons. The highest BCUT2D eigenvalue weighted by Crippen LogP contribution is 2.63. The van der Waals surface area contributed by atoms with Gasteiger partial charge in [-0.1, -0.05) is 173 Å². The monoisotopic (exact) mass is 616 g/mol. The summed E-state index contributed by atoms with van der Waals surface area (Å²) in [5.74, 6) is 0. The molecule has 1 unspecified atom stereocenters. The van der Waals surface area contributed by atoms with Gasteiger partial charge in [0.1, 0.15) is 0 Å². The van der Waals surface area contributed by atoms with Crippen LogP contribution < -0.4 is 21.2 Å². The number of benzene rings is 5. The Kier molecular flexibility index (Phi) is 8.40. The Labute approximate surface area is 238 Å². The molecule has 0 radical (unpaired) electrons. The van der Waals surface area contributed by atoms with E-state index in [9.17, 15) is 0 Å². The summed E-state index contributed by atoms with van der Waals surface area (Å²) in [7, 11) is 0. The van der Waals surface area contributed by atoms with Crippen molar-refractivity contribution in [2.24, 2.45) is 0 Å². The smallest absolute Gasteiger partial charge is 0.0260 e. The van der Waals surface area contributed by atoms with Gasteiger partial charge in [-0.05, 0) is 45.1 Å². The average Bonchev–Trinajstić information content (AvgIpc) is 2.97. The average molecular weight is 618 g/mol. The largest absolute Gasteiger partial charge is 0.0876 e. The first-order valence-corrected chi connectivity index (χ1v) is 18.8. The van der Waals surface area contributed by atoms with Gasteiger partial charge >= 0.3 is 0 Å². The van der Waals surface area contributed by atoms with Crippen LogP contribution >= 0.6 is 28.0 Å². The molecule has 0 amide bonds. The predicted octanol–water partition coefficient (Wildman–Crippen LogP) is 7.75. The van der Waals surface area contributed by atoms with Gasteiger partial charge in [0.15, 0.2) is 0 Å². The highest BCUT2D eigenvalue weighted by Gasteiger charge is 2.38. The van der Waals surface area contributed by atoms with Crippen molar-refractivity contribution in [2.45, 2.75) is 5.66 Å². The lowest BCUT2D eigenvalue weighted by molar-refractivity contribution is 1.09. The van der Waals surface area contributed by atoms with Crippen molar-refractivity contribution < 1.29 is 0 Å². The highest BCUT2D eigenvalue weighted by molar-refractivity contribution is 9.10. The lowest BCUT2D eigenvalue weighted by atomic mass is 10.2. The molecule has 0 fully saturated rings.